The lowest BCUT2D eigenvalue weighted by Crippen LogP contribution is -2.09. The van der Waals surface area contributed by atoms with Gasteiger partial charge in [-0.3, -0.25) is 4.79 Å². The van der Waals surface area contributed by atoms with Gasteiger partial charge in [0.05, 0.1) is 22.1 Å². The van der Waals surface area contributed by atoms with E-state index in [0.29, 0.717) is 22.8 Å². The van der Waals surface area contributed by atoms with Crippen LogP contribution in [0.25, 0.3) is 28.1 Å². The number of Topliss-reactive ketones (excluding diaryl/α,β-unsaturated/α-hetero) is 1. The van der Waals surface area contributed by atoms with Crippen molar-refractivity contribution in [1.29, 1.82) is 0 Å². The summed E-state index contributed by atoms with van der Waals surface area (Å²) in [4.78, 5) is 28.9. The molecule has 3 aromatic carbocycles. The molecule has 5 aromatic rings. The Morgan fingerprint density at radius 1 is 0.833 bits per heavy atom. The lowest BCUT2D eigenvalue weighted by Gasteiger charge is -2.04. The number of halogens is 1. The fraction of sp³-hybridized carbons (Fsp3) is 0.0417. The first kappa shape index (κ1) is 18.3. The van der Waals surface area contributed by atoms with Crippen molar-refractivity contribution >= 4 is 45.5 Å². The molecule has 2 aromatic heterocycles. The average molecular weight is 413 g/mol. The van der Waals surface area contributed by atoms with Crippen LogP contribution in [-0.2, 0) is 6.42 Å². The number of imidazole rings is 2. The first-order valence-corrected chi connectivity index (χ1v) is 9.93. The molecule has 5 nitrogen and oxygen atoms in total. The van der Waals surface area contributed by atoms with Crippen LogP contribution in [0.2, 0.25) is 5.02 Å². The van der Waals surface area contributed by atoms with Crippen molar-refractivity contribution < 1.29 is 4.79 Å². The van der Waals surface area contributed by atoms with E-state index in [1.54, 1.807) is 12.1 Å². The Labute approximate surface area is 177 Å². The Morgan fingerprint density at radius 3 is 2.13 bits per heavy atom. The van der Waals surface area contributed by atoms with Crippen LogP contribution < -0.4 is 0 Å². The summed E-state index contributed by atoms with van der Waals surface area (Å²) < 4.78 is 0. The lowest BCUT2D eigenvalue weighted by molar-refractivity contribution is 0.102. The molecule has 0 aliphatic heterocycles. The minimum absolute atomic E-state index is 0.165. The molecule has 0 unspecified atom stereocenters. The molecule has 0 atom stereocenters. The number of allylic oxidation sites excluding steroid dienone is 1. The van der Waals surface area contributed by atoms with Gasteiger partial charge in [0.1, 0.15) is 5.82 Å². The number of aromatic nitrogens is 4. The molecule has 2 heterocycles. The highest BCUT2D eigenvalue weighted by Crippen LogP contribution is 2.20. The van der Waals surface area contributed by atoms with Gasteiger partial charge in [-0.2, -0.15) is 0 Å². The number of H-pyrrole nitrogens is 2. The molecule has 5 rings (SSSR count). The highest BCUT2D eigenvalue weighted by atomic mass is 35.5. The molecule has 30 heavy (non-hydrogen) atoms. The predicted octanol–water partition coefficient (Wildman–Crippen LogP) is 5.60. The van der Waals surface area contributed by atoms with Crippen LogP contribution in [0.15, 0.2) is 78.4 Å². The summed E-state index contributed by atoms with van der Waals surface area (Å²) >= 11 is 6.01. The topological polar surface area (TPSA) is 74.4 Å². The van der Waals surface area contributed by atoms with Gasteiger partial charge in [0.25, 0.3) is 0 Å². The second-order valence-corrected chi connectivity index (χ2v) is 7.47. The van der Waals surface area contributed by atoms with E-state index in [1.807, 2.05) is 66.7 Å². The van der Waals surface area contributed by atoms with Crippen molar-refractivity contribution in [2.45, 2.75) is 6.42 Å². The minimum Gasteiger partial charge on any atom is -0.342 e. The van der Waals surface area contributed by atoms with Crippen molar-refractivity contribution in [2.24, 2.45) is 0 Å². The molecule has 0 spiro atoms. The number of fused-ring (bicyclic) bond motifs is 2. The summed E-state index contributed by atoms with van der Waals surface area (Å²) in [6.07, 6.45) is 2.21. The molecular weight excluding hydrogens is 396 g/mol. The number of hydrogen-bond donors (Lipinski definition) is 2. The van der Waals surface area contributed by atoms with Crippen molar-refractivity contribution in [3.8, 4) is 0 Å². The summed E-state index contributed by atoms with van der Waals surface area (Å²) in [7, 11) is 0. The highest BCUT2D eigenvalue weighted by molar-refractivity contribution is 6.30. The van der Waals surface area contributed by atoms with Crippen LogP contribution in [-0.4, -0.2) is 25.7 Å². The summed E-state index contributed by atoms with van der Waals surface area (Å²) in [6, 6.07) is 22.8. The number of hydrogen-bond acceptors (Lipinski definition) is 3. The van der Waals surface area contributed by atoms with Gasteiger partial charge < -0.3 is 9.97 Å². The molecule has 0 bridgehead atoms. The van der Waals surface area contributed by atoms with E-state index in [1.165, 1.54) is 0 Å². The van der Waals surface area contributed by atoms with Gasteiger partial charge in [0, 0.05) is 17.0 Å². The SMILES string of the molecule is O=C(/C(=C/c1ccc(Cl)cc1)Cc1nc2ccccc2[nH]1)c1nc2ccccc2[nH]1. The number of carbonyl (C=O) groups excluding carboxylic acids is 1. The van der Waals surface area contributed by atoms with Gasteiger partial charge in [-0.15, -0.1) is 0 Å². The van der Waals surface area contributed by atoms with E-state index in [9.17, 15) is 4.79 Å². The number of rotatable bonds is 5. The number of benzene rings is 3. The third-order valence-corrected chi connectivity index (χ3v) is 5.16. The fourth-order valence-electron chi connectivity index (χ4n) is 3.44. The Balaban J connectivity index is 1.55. The Morgan fingerprint density at radius 2 is 1.47 bits per heavy atom. The van der Waals surface area contributed by atoms with E-state index in [4.69, 9.17) is 11.6 Å². The quantitative estimate of drug-likeness (QED) is 0.291. The van der Waals surface area contributed by atoms with Crippen LogP contribution in [0, 0.1) is 0 Å². The standard InChI is InChI=1S/C24H17ClN4O/c25-17-11-9-15(10-12-17)13-16(14-22-26-18-5-1-2-6-19(18)27-22)23(30)24-28-20-7-3-4-8-21(20)29-24/h1-13H,14H2,(H,26,27)(H,28,29)/b16-13+. The molecule has 0 radical (unpaired) electrons. The van der Waals surface area contributed by atoms with E-state index >= 15 is 0 Å². The molecule has 0 fully saturated rings. The second-order valence-electron chi connectivity index (χ2n) is 7.03. The third kappa shape index (κ3) is 3.63. The van der Waals surface area contributed by atoms with Gasteiger partial charge in [-0.25, -0.2) is 9.97 Å². The van der Waals surface area contributed by atoms with Gasteiger partial charge in [0.2, 0.25) is 5.78 Å². The smallest absolute Gasteiger partial charge is 0.224 e. The normalized spacial score (nSPS) is 12.0. The molecule has 6 heteroatoms. The number of nitrogens with one attached hydrogen (secondary N) is 2. The number of carbonyl (C=O) groups is 1. The number of ketones is 1. The molecule has 0 aliphatic carbocycles. The maximum Gasteiger partial charge on any atom is 0.224 e. The van der Waals surface area contributed by atoms with E-state index in [2.05, 4.69) is 19.9 Å². The summed E-state index contributed by atoms with van der Waals surface area (Å²) in [5.74, 6) is 0.870. The van der Waals surface area contributed by atoms with Gasteiger partial charge >= 0.3 is 0 Å². The number of para-hydroxylation sites is 4. The van der Waals surface area contributed by atoms with Gasteiger partial charge in [0.15, 0.2) is 5.82 Å². The Kier molecular flexibility index (Phi) is 4.65. The molecular formula is C24H17ClN4O. The third-order valence-electron chi connectivity index (χ3n) is 4.90. The summed E-state index contributed by atoms with van der Waals surface area (Å²) in [5.41, 5.74) is 4.86. The fourth-order valence-corrected chi connectivity index (χ4v) is 3.57. The van der Waals surface area contributed by atoms with E-state index < -0.39 is 0 Å². The van der Waals surface area contributed by atoms with Crippen molar-refractivity contribution in [3.63, 3.8) is 0 Å². The first-order chi connectivity index (χ1) is 14.7. The molecule has 0 saturated heterocycles. The van der Waals surface area contributed by atoms with Crippen LogP contribution in [0.3, 0.4) is 0 Å². The van der Waals surface area contributed by atoms with Crippen LogP contribution in [0.5, 0.6) is 0 Å². The largest absolute Gasteiger partial charge is 0.342 e. The predicted molar refractivity (Wildman–Crippen MR) is 120 cm³/mol. The van der Waals surface area contributed by atoms with Crippen molar-refractivity contribution in [1.82, 2.24) is 19.9 Å². The van der Waals surface area contributed by atoms with Gasteiger partial charge in [-0.05, 0) is 48.0 Å². The molecule has 0 amide bonds. The molecule has 2 N–H and O–H groups in total. The van der Waals surface area contributed by atoms with E-state index in [-0.39, 0.29) is 5.78 Å². The Hall–Kier alpha value is -3.70. The zero-order valence-corrected chi connectivity index (χ0v) is 16.6. The van der Waals surface area contributed by atoms with E-state index in [0.717, 1.165) is 33.5 Å². The van der Waals surface area contributed by atoms with Gasteiger partial charge in [-0.1, -0.05) is 48.0 Å². The monoisotopic (exact) mass is 412 g/mol. The van der Waals surface area contributed by atoms with Crippen molar-refractivity contribution in [2.75, 3.05) is 0 Å². The lowest BCUT2D eigenvalue weighted by atomic mass is 10.0. The zero-order chi connectivity index (χ0) is 20.5. The molecule has 0 aliphatic rings. The average Bonchev–Trinajstić information content (AvgIpc) is 3.37. The maximum absolute atomic E-state index is 13.4. The number of aromatic amines is 2. The Bertz CT molecular complexity index is 1330. The summed E-state index contributed by atoms with van der Waals surface area (Å²) in [6.45, 7) is 0. The second kappa shape index (κ2) is 7.61. The zero-order valence-electron chi connectivity index (χ0n) is 15.9. The molecule has 0 saturated carbocycles. The van der Waals surface area contributed by atoms with Crippen LogP contribution >= 0.6 is 11.6 Å². The van der Waals surface area contributed by atoms with Crippen molar-refractivity contribution in [3.05, 3.63) is 101 Å². The maximum atomic E-state index is 13.4. The first-order valence-electron chi connectivity index (χ1n) is 9.55. The summed E-state index contributed by atoms with van der Waals surface area (Å²) in [5, 5.41) is 0.648. The molecule has 146 valence electrons. The van der Waals surface area contributed by atoms with Crippen LogP contribution in [0.1, 0.15) is 22.0 Å². The number of nitrogens with zero attached hydrogens (tertiary/aromatic N) is 2. The minimum atomic E-state index is -0.165. The van der Waals surface area contributed by atoms with Crippen LogP contribution in [0.4, 0.5) is 0 Å². The highest BCUT2D eigenvalue weighted by Gasteiger charge is 2.18.